The molecule has 2 aromatic rings. The highest BCUT2D eigenvalue weighted by atomic mass is 32.1. The number of ether oxygens (including phenoxy) is 1. The molecule has 3 rings (SSSR count). The predicted octanol–water partition coefficient (Wildman–Crippen LogP) is 4.23. The van der Waals surface area contributed by atoms with Gasteiger partial charge in [-0.25, -0.2) is 0 Å². The van der Waals surface area contributed by atoms with E-state index in [0.29, 0.717) is 5.56 Å². The summed E-state index contributed by atoms with van der Waals surface area (Å²) in [6.07, 6.45) is 5.10. The Balaban J connectivity index is 1.43. The number of hydrogen-bond donors (Lipinski definition) is 0. The standard InChI is InChI=1S/C19H23NO2S/c21-19(17-9-14-23-15-17)16-5-7-18(8-6-16)22-13-4-12-20-10-2-1-3-11-20/h5-9,14-15H,1-4,10-13H2. The van der Waals surface area contributed by atoms with Crippen molar-refractivity contribution in [2.24, 2.45) is 0 Å². The largest absolute Gasteiger partial charge is 0.494 e. The summed E-state index contributed by atoms with van der Waals surface area (Å²) in [5, 5.41) is 3.81. The molecule has 1 aromatic carbocycles. The Morgan fingerprint density at radius 1 is 1.04 bits per heavy atom. The average molecular weight is 329 g/mol. The summed E-state index contributed by atoms with van der Waals surface area (Å²) in [5.74, 6) is 0.911. The Kier molecular flexibility index (Phi) is 5.83. The van der Waals surface area contributed by atoms with Gasteiger partial charge >= 0.3 is 0 Å². The van der Waals surface area contributed by atoms with Crippen molar-refractivity contribution < 1.29 is 9.53 Å². The molecule has 0 unspecified atom stereocenters. The summed E-state index contributed by atoms with van der Waals surface area (Å²) in [6, 6.07) is 9.33. The Morgan fingerprint density at radius 2 is 1.83 bits per heavy atom. The van der Waals surface area contributed by atoms with E-state index in [1.54, 1.807) is 11.3 Å². The maximum absolute atomic E-state index is 12.2. The monoisotopic (exact) mass is 329 g/mol. The molecule has 1 fully saturated rings. The number of piperidine rings is 1. The minimum atomic E-state index is 0.0721. The van der Waals surface area contributed by atoms with Crippen LogP contribution in [-0.4, -0.2) is 36.9 Å². The van der Waals surface area contributed by atoms with Crippen molar-refractivity contribution in [2.45, 2.75) is 25.7 Å². The number of carbonyl (C=O) groups excluding carboxylic acids is 1. The van der Waals surface area contributed by atoms with Gasteiger partial charge in [0.15, 0.2) is 5.78 Å². The van der Waals surface area contributed by atoms with Crippen molar-refractivity contribution in [3.63, 3.8) is 0 Å². The summed E-state index contributed by atoms with van der Waals surface area (Å²) >= 11 is 1.54. The predicted molar refractivity (Wildman–Crippen MR) is 94.6 cm³/mol. The maximum Gasteiger partial charge on any atom is 0.193 e. The first-order chi connectivity index (χ1) is 11.3. The SMILES string of the molecule is O=C(c1ccc(OCCCN2CCCCC2)cc1)c1ccsc1. The minimum absolute atomic E-state index is 0.0721. The van der Waals surface area contributed by atoms with Crippen LogP contribution in [0.2, 0.25) is 0 Å². The van der Waals surface area contributed by atoms with Crippen LogP contribution >= 0.6 is 11.3 Å². The molecule has 23 heavy (non-hydrogen) atoms. The Morgan fingerprint density at radius 3 is 2.52 bits per heavy atom. The first kappa shape index (κ1) is 16.2. The quantitative estimate of drug-likeness (QED) is 0.562. The number of ketones is 1. The van der Waals surface area contributed by atoms with E-state index in [1.807, 2.05) is 41.1 Å². The summed E-state index contributed by atoms with van der Waals surface area (Å²) in [6.45, 7) is 4.32. The minimum Gasteiger partial charge on any atom is -0.494 e. The Labute approximate surface area is 141 Å². The van der Waals surface area contributed by atoms with Gasteiger partial charge in [-0.2, -0.15) is 11.3 Å². The van der Waals surface area contributed by atoms with E-state index in [2.05, 4.69) is 4.90 Å². The molecule has 122 valence electrons. The third-order valence-electron chi connectivity index (χ3n) is 4.24. The second-order valence-electron chi connectivity index (χ2n) is 5.97. The van der Waals surface area contributed by atoms with Gasteiger partial charge in [-0.15, -0.1) is 0 Å². The molecule has 0 atom stereocenters. The van der Waals surface area contributed by atoms with Crippen LogP contribution in [0.25, 0.3) is 0 Å². The lowest BCUT2D eigenvalue weighted by molar-refractivity contribution is 0.103. The van der Waals surface area contributed by atoms with Gasteiger partial charge in [0, 0.05) is 23.1 Å². The fourth-order valence-electron chi connectivity index (χ4n) is 2.92. The fraction of sp³-hybridized carbons (Fsp3) is 0.421. The number of likely N-dealkylation sites (tertiary alicyclic amines) is 1. The summed E-state index contributed by atoms with van der Waals surface area (Å²) in [5.41, 5.74) is 1.47. The van der Waals surface area contributed by atoms with Gasteiger partial charge in [-0.05, 0) is 68.1 Å². The Bertz CT molecular complexity index is 601. The van der Waals surface area contributed by atoms with Crippen LogP contribution < -0.4 is 4.74 Å². The van der Waals surface area contributed by atoms with Crippen molar-refractivity contribution >= 4 is 17.1 Å². The van der Waals surface area contributed by atoms with E-state index in [4.69, 9.17) is 4.74 Å². The lowest BCUT2D eigenvalue weighted by atomic mass is 10.1. The molecule has 1 aromatic heterocycles. The van der Waals surface area contributed by atoms with Crippen LogP contribution in [0.15, 0.2) is 41.1 Å². The van der Waals surface area contributed by atoms with Gasteiger partial charge in [0.05, 0.1) is 6.61 Å². The summed E-state index contributed by atoms with van der Waals surface area (Å²) in [4.78, 5) is 14.7. The number of hydrogen-bond acceptors (Lipinski definition) is 4. The zero-order valence-corrected chi connectivity index (χ0v) is 14.2. The van der Waals surface area contributed by atoms with Crippen molar-refractivity contribution in [3.05, 3.63) is 52.2 Å². The fourth-order valence-corrected chi connectivity index (χ4v) is 3.56. The van der Waals surface area contributed by atoms with Gasteiger partial charge in [0.1, 0.15) is 5.75 Å². The number of nitrogens with zero attached hydrogens (tertiary/aromatic N) is 1. The number of thiophene rings is 1. The molecule has 4 heteroatoms. The van der Waals surface area contributed by atoms with Crippen LogP contribution in [-0.2, 0) is 0 Å². The molecule has 0 radical (unpaired) electrons. The lowest BCUT2D eigenvalue weighted by Crippen LogP contribution is -2.31. The Hall–Kier alpha value is -1.65. The normalized spacial score (nSPS) is 15.5. The van der Waals surface area contributed by atoms with E-state index in [0.717, 1.165) is 30.9 Å². The molecule has 0 amide bonds. The van der Waals surface area contributed by atoms with E-state index in [-0.39, 0.29) is 5.78 Å². The highest BCUT2D eigenvalue weighted by Crippen LogP contribution is 2.17. The third-order valence-corrected chi connectivity index (χ3v) is 4.92. The second-order valence-corrected chi connectivity index (χ2v) is 6.75. The van der Waals surface area contributed by atoms with Crippen LogP contribution in [0, 0.1) is 0 Å². The molecule has 3 nitrogen and oxygen atoms in total. The smallest absolute Gasteiger partial charge is 0.193 e. The van der Waals surface area contributed by atoms with Gasteiger partial charge in [-0.1, -0.05) is 6.42 Å². The first-order valence-electron chi connectivity index (χ1n) is 8.35. The third kappa shape index (κ3) is 4.66. The number of carbonyl (C=O) groups is 1. The van der Waals surface area contributed by atoms with E-state index in [9.17, 15) is 4.79 Å². The molecule has 0 N–H and O–H groups in total. The summed E-state index contributed by atoms with van der Waals surface area (Å²) in [7, 11) is 0. The summed E-state index contributed by atoms with van der Waals surface area (Å²) < 4.78 is 5.79. The molecule has 1 aliphatic rings. The molecule has 0 saturated carbocycles. The number of benzene rings is 1. The highest BCUT2D eigenvalue weighted by molar-refractivity contribution is 7.08. The van der Waals surface area contributed by atoms with Crippen LogP contribution in [0.3, 0.4) is 0 Å². The number of rotatable bonds is 7. The zero-order chi connectivity index (χ0) is 15.9. The van der Waals surface area contributed by atoms with Gasteiger partial charge in [-0.3, -0.25) is 4.79 Å². The molecule has 2 heterocycles. The zero-order valence-electron chi connectivity index (χ0n) is 13.4. The lowest BCUT2D eigenvalue weighted by Gasteiger charge is -2.26. The van der Waals surface area contributed by atoms with E-state index in [1.165, 1.54) is 32.4 Å². The molecule has 1 aliphatic heterocycles. The van der Waals surface area contributed by atoms with Crippen molar-refractivity contribution in [2.75, 3.05) is 26.2 Å². The molecular formula is C19H23NO2S. The molecular weight excluding hydrogens is 306 g/mol. The second kappa shape index (κ2) is 8.27. The van der Waals surface area contributed by atoms with E-state index >= 15 is 0 Å². The van der Waals surface area contributed by atoms with Crippen LogP contribution in [0.5, 0.6) is 5.75 Å². The molecule has 0 aliphatic carbocycles. The van der Waals surface area contributed by atoms with Gasteiger partial charge in [0.2, 0.25) is 0 Å². The maximum atomic E-state index is 12.2. The average Bonchev–Trinajstić information content (AvgIpc) is 3.14. The topological polar surface area (TPSA) is 29.5 Å². The van der Waals surface area contributed by atoms with Crippen LogP contribution in [0.1, 0.15) is 41.6 Å². The van der Waals surface area contributed by atoms with Gasteiger partial charge < -0.3 is 9.64 Å². The van der Waals surface area contributed by atoms with Crippen molar-refractivity contribution in [1.82, 2.24) is 4.90 Å². The molecule has 1 saturated heterocycles. The van der Waals surface area contributed by atoms with E-state index < -0.39 is 0 Å². The molecule has 0 bridgehead atoms. The van der Waals surface area contributed by atoms with Gasteiger partial charge in [0.25, 0.3) is 0 Å². The first-order valence-corrected chi connectivity index (χ1v) is 9.29. The highest BCUT2D eigenvalue weighted by Gasteiger charge is 2.10. The van der Waals surface area contributed by atoms with Crippen molar-refractivity contribution in [1.29, 1.82) is 0 Å². The molecule has 0 spiro atoms. The van der Waals surface area contributed by atoms with Crippen molar-refractivity contribution in [3.8, 4) is 5.75 Å². The van der Waals surface area contributed by atoms with Crippen LogP contribution in [0.4, 0.5) is 0 Å².